The van der Waals surface area contributed by atoms with Crippen molar-refractivity contribution in [1.29, 1.82) is 0 Å². The fraction of sp³-hybridized carbons (Fsp3) is 0.667. The summed E-state index contributed by atoms with van der Waals surface area (Å²) < 4.78 is 4.38. The van der Waals surface area contributed by atoms with Crippen molar-refractivity contribution >= 4 is 13.6 Å². The van der Waals surface area contributed by atoms with E-state index in [2.05, 4.69) is 14.3 Å². The van der Waals surface area contributed by atoms with Crippen molar-refractivity contribution in [3.05, 3.63) is 0 Å². The van der Waals surface area contributed by atoms with Gasteiger partial charge in [-0.25, -0.2) is 9.69 Å². The van der Waals surface area contributed by atoms with Gasteiger partial charge in [-0.05, 0) is 0 Å². The van der Waals surface area contributed by atoms with E-state index in [-0.39, 0.29) is 0 Å². The molecule has 0 N–H and O–H groups in total. The first-order valence-corrected chi connectivity index (χ1v) is 2.31. The van der Waals surface area contributed by atoms with Gasteiger partial charge in [0, 0.05) is 6.32 Å². The van der Waals surface area contributed by atoms with Crippen LogP contribution in [0.1, 0.15) is 0 Å². The molecule has 1 saturated heterocycles. The Morgan fingerprint density at radius 2 is 2.62 bits per heavy atom. The third-order valence-electron chi connectivity index (χ3n) is 0.820. The topological polar surface area (TPSA) is 44.8 Å². The highest BCUT2D eigenvalue weighted by Gasteiger charge is 2.26. The first kappa shape index (κ1) is 5.59. The summed E-state index contributed by atoms with van der Waals surface area (Å²) in [6, 6.07) is 0. The van der Waals surface area contributed by atoms with E-state index < -0.39 is 7.12 Å². The van der Waals surface area contributed by atoms with Gasteiger partial charge < -0.3 is 4.65 Å². The van der Waals surface area contributed by atoms with Crippen LogP contribution in [0.25, 0.3) is 0 Å². The molecule has 5 heteroatoms. The molecule has 1 fully saturated rings. The van der Waals surface area contributed by atoms with E-state index in [4.69, 9.17) is 0 Å². The molecule has 1 heterocycles. The summed E-state index contributed by atoms with van der Waals surface area (Å²) >= 11 is 0. The monoisotopic (exact) mass is 116 g/mol. The predicted molar refractivity (Wildman–Crippen MR) is 24.7 cm³/mol. The van der Waals surface area contributed by atoms with Crippen molar-refractivity contribution in [1.82, 2.24) is 0 Å². The van der Waals surface area contributed by atoms with Gasteiger partial charge in [-0.1, -0.05) is 0 Å². The largest absolute Gasteiger partial charge is 0.559 e. The van der Waals surface area contributed by atoms with Gasteiger partial charge in [0.1, 0.15) is 0 Å². The highest BCUT2D eigenvalue weighted by molar-refractivity contribution is 6.46. The van der Waals surface area contributed by atoms with Gasteiger partial charge in [-0.2, -0.15) is 0 Å². The SMILES string of the molecule is O=COB1CCOO1. The molecule has 8 heavy (non-hydrogen) atoms. The second kappa shape index (κ2) is 2.69. The molecule has 0 aromatic carbocycles. The lowest BCUT2D eigenvalue weighted by molar-refractivity contribution is -0.195. The van der Waals surface area contributed by atoms with Crippen LogP contribution in [0.15, 0.2) is 0 Å². The zero-order valence-corrected chi connectivity index (χ0v) is 4.20. The number of hydrogen-bond donors (Lipinski definition) is 0. The number of hydrogen-bond acceptors (Lipinski definition) is 4. The second-order valence-corrected chi connectivity index (χ2v) is 1.37. The first-order valence-electron chi connectivity index (χ1n) is 2.31. The summed E-state index contributed by atoms with van der Waals surface area (Å²) in [7, 11) is -0.479. The average molecular weight is 116 g/mol. The normalized spacial score (nSPS) is 18.8. The Kier molecular flexibility index (Phi) is 1.88. The van der Waals surface area contributed by atoms with Crippen molar-refractivity contribution in [2.75, 3.05) is 6.61 Å². The van der Waals surface area contributed by atoms with Gasteiger partial charge in [0.25, 0.3) is 6.47 Å². The van der Waals surface area contributed by atoms with Gasteiger partial charge in [-0.3, -0.25) is 4.79 Å². The molecule has 44 valence electrons. The third kappa shape index (κ3) is 1.21. The van der Waals surface area contributed by atoms with E-state index in [9.17, 15) is 4.79 Å². The summed E-state index contributed by atoms with van der Waals surface area (Å²) in [5.41, 5.74) is 0. The number of rotatable bonds is 2. The Morgan fingerprint density at radius 3 is 3.12 bits per heavy atom. The van der Waals surface area contributed by atoms with E-state index in [1.807, 2.05) is 0 Å². The molecule has 0 saturated carbocycles. The lowest BCUT2D eigenvalue weighted by Crippen LogP contribution is -2.14. The van der Waals surface area contributed by atoms with Crippen LogP contribution < -0.4 is 0 Å². The van der Waals surface area contributed by atoms with E-state index in [1.165, 1.54) is 0 Å². The molecule has 0 aliphatic carbocycles. The van der Waals surface area contributed by atoms with Crippen LogP contribution in [-0.2, 0) is 19.1 Å². The molecule has 4 nitrogen and oxygen atoms in total. The molecule has 0 amide bonds. The average Bonchev–Trinajstić information content (AvgIpc) is 2.19. The summed E-state index contributed by atoms with van der Waals surface area (Å²) in [4.78, 5) is 18.5. The maximum Gasteiger partial charge on any atom is 0.559 e. The van der Waals surface area contributed by atoms with Crippen LogP contribution in [0.3, 0.4) is 0 Å². The van der Waals surface area contributed by atoms with Gasteiger partial charge in [0.05, 0.1) is 6.61 Å². The summed E-state index contributed by atoms with van der Waals surface area (Å²) in [5, 5.41) is 0. The van der Waals surface area contributed by atoms with Crippen LogP contribution in [0.2, 0.25) is 6.32 Å². The van der Waals surface area contributed by atoms with Crippen molar-refractivity contribution in [2.24, 2.45) is 0 Å². The van der Waals surface area contributed by atoms with E-state index in [0.29, 0.717) is 19.4 Å². The Morgan fingerprint density at radius 1 is 1.75 bits per heavy atom. The number of carbonyl (C=O) groups excluding carboxylic acids is 1. The van der Waals surface area contributed by atoms with Gasteiger partial charge in [-0.15, -0.1) is 0 Å². The lowest BCUT2D eigenvalue weighted by atomic mass is 9.87. The van der Waals surface area contributed by atoms with Gasteiger partial charge >= 0.3 is 7.12 Å². The molecule has 0 radical (unpaired) electrons. The Labute approximate surface area is 46.8 Å². The van der Waals surface area contributed by atoms with E-state index >= 15 is 0 Å². The van der Waals surface area contributed by atoms with Gasteiger partial charge in [0.2, 0.25) is 0 Å². The van der Waals surface area contributed by atoms with Crippen LogP contribution >= 0.6 is 0 Å². The van der Waals surface area contributed by atoms with Crippen LogP contribution in [0, 0.1) is 0 Å². The second-order valence-electron chi connectivity index (χ2n) is 1.37. The smallest absolute Gasteiger partial charge is 0.510 e. The quantitative estimate of drug-likeness (QED) is 0.280. The van der Waals surface area contributed by atoms with Crippen LogP contribution in [0.5, 0.6) is 0 Å². The maximum atomic E-state index is 9.60. The summed E-state index contributed by atoms with van der Waals surface area (Å²) in [6.07, 6.45) is 0.624. The molecule has 1 aliphatic heterocycles. The van der Waals surface area contributed by atoms with Crippen LogP contribution in [0.4, 0.5) is 0 Å². The fourth-order valence-corrected chi connectivity index (χ4v) is 0.469. The molecule has 0 atom stereocenters. The van der Waals surface area contributed by atoms with Gasteiger partial charge in [0.15, 0.2) is 0 Å². The van der Waals surface area contributed by atoms with E-state index in [1.54, 1.807) is 0 Å². The zero-order valence-electron chi connectivity index (χ0n) is 4.20. The summed E-state index contributed by atoms with van der Waals surface area (Å²) in [5.74, 6) is 0. The zero-order chi connectivity index (χ0) is 5.82. The minimum absolute atomic E-state index is 0.347. The Bertz CT molecular complexity index is 79.4. The predicted octanol–water partition coefficient (Wildman–Crippen LogP) is -0.391. The molecule has 0 aromatic rings. The first-order chi connectivity index (χ1) is 3.93. The van der Waals surface area contributed by atoms with Crippen molar-refractivity contribution in [3.63, 3.8) is 0 Å². The minimum Gasteiger partial charge on any atom is -0.510 e. The van der Waals surface area contributed by atoms with Crippen molar-refractivity contribution < 1.29 is 19.1 Å². The third-order valence-corrected chi connectivity index (χ3v) is 0.820. The van der Waals surface area contributed by atoms with Crippen molar-refractivity contribution in [3.8, 4) is 0 Å². The van der Waals surface area contributed by atoms with Crippen molar-refractivity contribution in [2.45, 2.75) is 6.32 Å². The maximum absolute atomic E-state index is 9.60. The lowest BCUT2D eigenvalue weighted by Gasteiger charge is -1.94. The Hall–Kier alpha value is -0.545. The van der Waals surface area contributed by atoms with E-state index in [0.717, 1.165) is 0 Å². The molecule has 0 unspecified atom stereocenters. The highest BCUT2D eigenvalue weighted by Crippen LogP contribution is 2.04. The summed E-state index contributed by atoms with van der Waals surface area (Å²) in [6.45, 7) is 0.845. The minimum atomic E-state index is -0.479. The molecule has 1 aliphatic rings. The Balaban J connectivity index is 2.14. The molecular weight excluding hydrogens is 111 g/mol. The molecule has 0 bridgehead atoms. The molecular formula is C3H5BO4. The highest BCUT2D eigenvalue weighted by atomic mass is 17.2. The molecule has 0 aromatic heterocycles. The standard InChI is InChI=1S/C3H5BO4/c5-3-6-4-1-2-7-8-4/h3H,1-2H2. The fourth-order valence-electron chi connectivity index (χ4n) is 0.469. The van der Waals surface area contributed by atoms with Crippen LogP contribution in [-0.4, -0.2) is 20.2 Å². The molecule has 0 spiro atoms. The molecule has 1 rings (SSSR count). The number of carbonyl (C=O) groups is 1.